The molecule has 0 aliphatic rings. The second-order valence-corrected chi connectivity index (χ2v) is 4.93. The van der Waals surface area contributed by atoms with Crippen molar-refractivity contribution in [1.29, 1.82) is 0 Å². The van der Waals surface area contributed by atoms with E-state index in [0.717, 1.165) is 16.9 Å². The summed E-state index contributed by atoms with van der Waals surface area (Å²) in [6.45, 7) is 1.89. The molecule has 0 aliphatic heterocycles. The lowest BCUT2D eigenvalue weighted by molar-refractivity contribution is 0.528. The smallest absolute Gasteiger partial charge is 0.314 e. The SMILES string of the molecule is CNC(c1coc(C)c1)c1ccc2[nH]c(=O)c(=O)[nH]c2c1. The van der Waals surface area contributed by atoms with Crippen molar-refractivity contribution in [2.45, 2.75) is 13.0 Å². The molecule has 2 heterocycles. The average Bonchev–Trinajstić information content (AvgIpc) is 2.87. The van der Waals surface area contributed by atoms with E-state index in [9.17, 15) is 9.59 Å². The van der Waals surface area contributed by atoms with Gasteiger partial charge in [0.25, 0.3) is 0 Å². The molecule has 1 atom stereocenters. The Kier molecular flexibility index (Phi) is 3.23. The zero-order chi connectivity index (χ0) is 15.0. The Hall–Kier alpha value is -2.60. The molecule has 0 amide bonds. The molecule has 6 nitrogen and oxygen atoms in total. The number of hydrogen-bond acceptors (Lipinski definition) is 4. The molecule has 3 aromatic rings. The Labute approximate surface area is 119 Å². The quantitative estimate of drug-likeness (QED) is 0.635. The van der Waals surface area contributed by atoms with Crippen LogP contribution < -0.4 is 16.4 Å². The number of benzene rings is 1. The largest absolute Gasteiger partial charge is 0.469 e. The van der Waals surface area contributed by atoms with Gasteiger partial charge in [0.05, 0.1) is 23.3 Å². The fourth-order valence-electron chi connectivity index (χ4n) is 2.45. The molecule has 1 aromatic carbocycles. The fourth-order valence-corrected chi connectivity index (χ4v) is 2.45. The van der Waals surface area contributed by atoms with Gasteiger partial charge in [0.1, 0.15) is 5.76 Å². The van der Waals surface area contributed by atoms with Crippen molar-refractivity contribution in [2.24, 2.45) is 0 Å². The molecule has 21 heavy (non-hydrogen) atoms. The maximum absolute atomic E-state index is 11.4. The van der Waals surface area contributed by atoms with Crippen LogP contribution in [-0.2, 0) is 0 Å². The molecule has 0 spiro atoms. The third-order valence-electron chi connectivity index (χ3n) is 3.45. The first-order valence-electron chi connectivity index (χ1n) is 6.57. The number of H-pyrrole nitrogens is 2. The summed E-state index contributed by atoms with van der Waals surface area (Å²) in [5.41, 5.74) is 1.86. The van der Waals surface area contributed by atoms with Gasteiger partial charge < -0.3 is 19.7 Å². The summed E-state index contributed by atoms with van der Waals surface area (Å²) in [7, 11) is 1.85. The number of aryl methyl sites for hydroxylation is 1. The van der Waals surface area contributed by atoms with Crippen LogP contribution in [0.5, 0.6) is 0 Å². The van der Waals surface area contributed by atoms with Crippen molar-refractivity contribution in [3.8, 4) is 0 Å². The zero-order valence-corrected chi connectivity index (χ0v) is 11.7. The number of rotatable bonds is 3. The van der Waals surface area contributed by atoms with Gasteiger partial charge in [-0.3, -0.25) is 9.59 Å². The van der Waals surface area contributed by atoms with Crippen LogP contribution in [0.3, 0.4) is 0 Å². The lowest BCUT2D eigenvalue weighted by Gasteiger charge is -2.15. The first-order chi connectivity index (χ1) is 10.1. The third kappa shape index (κ3) is 2.41. The molecule has 6 heteroatoms. The van der Waals surface area contributed by atoms with Crippen molar-refractivity contribution in [3.63, 3.8) is 0 Å². The van der Waals surface area contributed by atoms with Crippen LogP contribution in [0, 0.1) is 6.92 Å². The Balaban J connectivity index is 2.13. The summed E-state index contributed by atoms with van der Waals surface area (Å²) in [4.78, 5) is 27.9. The molecule has 0 aliphatic carbocycles. The molecule has 0 radical (unpaired) electrons. The second kappa shape index (κ2) is 5.06. The highest BCUT2D eigenvalue weighted by Crippen LogP contribution is 2.25. The van der Waals surface area contributed by atoms with Crippen molar-refractivity contribution in [1.82, 2.24) is 15.3 Å². The van der Waals surface area contributed by atoms with E-state index in [-0.39, 0.29) is 6.04 Å². The molecule has 108 valence electrons. The molecule has 3 N–H and O–H groups in total. The molecule has 0 fully saturated rings. The molecule has 1 unspecified atom stereocenters. The van der Waals surface area contributed by atoms with Gasteiger partial charge in [-0.15, -0.1) is 0 Å². The Morgan fingerprint density at radius 1 is 1.05 bits per heavy atom. The topological polar surface area (TPSA) is 90.9 Å². The minimum absolute atomic E-state index is 0.0534. The van der Waals surface area contributed by atoms with Crippen LogP contribution >= 0.6 is 0 Å². The summed E-state index contributed by atoms with van der Waals surface area (Å²) in [5, 5.41) is 3.21. The van der Waals surface area contributed by atoms with Crippen LogP contribution in [-0.4, -0.2) is 17.0 Å². The number of fused-ring (bicyclic) bond motifs is 1. The van der Waals surface area contributed by atoms with Crippen molar-refractivity contribution >= 4 is 11.0 Å². The van der Waals surface area contributed by atoms with Crippen molar-refractivity contribution < 1.29 is 4.42 Å². The van der Waals surface area contributed by atoms with E-state index in [4.69, 9.17) is 4.42 Å². The first-order valence-corrected chi connectivity index (χ1v) is 6.57. The van der Waals surface area contributed by atoms with Gasteiger partial charge in [0, 0.05) is 5.56 Å². The van der Waals surface area contributed by atoms with Gasteiger partial charge in [0.15, 0.2) is 0 Å². The van der Waals surface area contributed by atoms with Gasteiger partial charge in [-0.1, -0.05) is 6.07 Å². The first kappa shape index (κ1) is 13.4. The standard InChI is InChI=1S/C15H15N3O3/c1-8-5-10(7-21-8)13(16-2)9-3-4-11-12(6-9)18-15(20)14(19)17-11/h3-7,13,16H,1-2H3,(H,17,19)(H,18,20). The maximum atomic E-state index is 11.4. The van der Waals surface area contributed by atoms with Crippen LogP contribution in [0.1, 0.15) is 22.9 Å². The van der Waals surface area contributed by atoms with E-state index in [1.54, 1.807) is 12.3 Å². The van der Waals surface area contributed by atoms with Gasteiger partial charge in [0.2, 0.25) is 0 Å². The summed E-state index contributed by atoms with van der Waals surface area (Å²) in [6.07, 6.45) is 1.70. The zero-order valence-electron chi connectivity index (χ0n) is 11.7. The second-order valence-electron chi connectivity index (χ2n) is 4.93. The van der Waals surface area contributed by atoms with Crippen molar-refractivity contribution in [3.05, 3.63) is 68.1 Å². The minimum atomic E-state index is -0.653. The Morgan fingerprint density at radius 3 is 2.38 bits per heavy atom. The fraction of sp³-hybridized carbons (Fsp3) is 0.200. The summed E-state index contributed by atoms with van der Waals surface area (Å²) >= 11 is 0. The van der Waals surface area contributed by atoms with Crippen LogP contribution in [0.25, 0.3) is 11.0 Å². The predicted octanol–water partition coefficient (Wildman–Crippen LogP) is 1.43. The number of aromatic nitrogens is 2. The van der Waals surface area contributed by atoms with E-state index in [2.05, 4.69) is 15.3 Å². The monoisotopic (exact) mass is 285 g/mol. The summed E-state index contributed by atoms with van der Waals surface area (Å²) in [6, 6.07) is 7.43. The normalized spacial score (nSPS) is 12.7. The summed E-state index contributed by atoms with van der Waals surface area (Å²) in [5.74, 6) is 0.837. The molecular weight excluding hydrogens is 270 g/mol. The van der Waals surface area contributed by atoms with E-state index >= 15 is 0 Å². The number of furan rings is 1. The Morgan fingerprint density at radius 2 is 1.76 bits per heavy atom. The molecular formula is C15H15N3O3. The van der Waals surface area contributed by atoms with Gasteiger partial charge >= 0.3 is 11.1 Å². The maximum Gasteiger partial charge on any atom is 0.314 e. The van der Waals surface area contributed by atoms with Gasteiger partial charge in [-0.25, -0.2) is 0 Å². The van der Waals surface area contributed by atoms with Crippen LogP contribution in [0.2, 0.25) is 0 Å². The lowest BCUT2D eigenvalue weighted by atomic mass is 10.0. The van der Waals surface area contributed by atoms with Crippen molar-refractivity contribution in [2.75, 3.05) is 7.05 Å². The molecule has 3 rings (SSSR count). The molecule has 2 aromatic heterocycles. The van der Waals surface area contributed by atoms with Gasteiger partial charge in [-0.2, -0.15) is 0 Å². The van der Waals surface area contributed by atoms with E-state index < -0.39 is 11.1 Å². The summed E-state index contributed by atoms with van der Waals surface area (Å²) < 4.78 is 5.35. The number of aromatic amines is 2. The number of nitrogens with one attached hydrogen (secondary N) is 3. The molecule has 0 bridgehead atoms. The van der Waals surface area contributed by atoms with Gasteiger partial charge in [-0.05, 0) is 37.7 Å². The van der Waals surface area contributed by atoms with E-state index in [1.807, 2.05) is 32.2 Å². The Bertz CT molecular complexity index is 904. The van der Waals surface area contributed by atoms with Crippen LogP contribution in [0.4, 0.5) is 0 Å². The lowest BCUT2D eigenvalue weighted by Crippen LogP contribution is -2.29. The van der Waals surface area contributed by atoms with Crippen LogP contribution in [0.15, 0.2) is 44.5 Å². The molecule has 0 saturated carbocycles. The third-order valence-corrected chi connectivity index (χ3v) is 3.45. The van der Waals surface area contributed by atoms with E-state index in [1.165, 1.54) is 0 Å². The predicted molar refractivity (Wildman–Crippen MR) is 79.5 cm³/mol. The minimum Gasteiger partial charge on any atom is -0.469 e. The van der Waals surface area contributed by atoms with E-state index in [0.29, 0.717) is 11.0 Å². The molecule has 0 saturated heterocycles. The highest BCUT2D eigenvalue weighted by Gasteiger charge is 2.15. The average molecular weight is 285 g/mol. The number of hydrogen-bond donors (Lipinski definition) is 3. The highest BCUT2D eigenvalue weighted by molar-refractivity contribution is 5.74. The highest BCUT2D eigenvalue weighted by atomic mass is 16.3.